The van der Waals surface area contributed by atoms with E-state index in [4.69, 9.17) is 5.73 Å². The van der Waals surface area contributed by atoms with E-state index in [2.05, 4.69) is 4.98 Å². The smallest absolute Gasteiger partial charge is 0.149 e. The zero-order valence-corrected chi connectivity index (χ0v) is 12.7. The summed E-state index contributed by atoms with van der Waals surface area (Å²) >= 11 is 0. The van der Waals surface area contributed by atoms with Crippen molar-refractivity contribution in [1.82, 2.24) is 4.98 Å². The summed E-state index contributed by atoms with van der Waals surface area (Å²) in [6.45, 7) is 3.91. The molecule has 0 aliphatic heterocycles. The minimum Gasteiger partial charge on any atom is -0.330 e. The number of rotatable bonds is 5. The Balaban J connectivity index is 2.53. The van der Waals surface area contributed by atoms with Crippen LogP contribution in [0.5, 0.6) is 0 Å². The average Bonchev–Trinajstić information content (AvgIpc) is 2.49. The molecule has 2 rings (SSSR count). The normalized spacial score (nSPS) is 12.5. The van der Waals surface area contributed by atoms with Crippen LogP contribution in [0.25, 0.3) is 11.3 Å². The zero-order valence-electron chi connectivity index (χ0n) is 12.7. The summed E-state index contributed by atoms with van der Waals surface area (Å²) in [7, 11) is 0. The van der Waals surface area contributed by atoms with Gasteiger partial charge >= 0.3 is 0 Å². The van der Waals surface area contributed by atoms with E-state index in [0.717, 1.165) is 18.9 Å². The monoisotopic (exact) mass is 308 g/mol. The van der Waals surface area contributed by atoms with Crippen LogP contribution in [0.2, 0.25) is 0 Å². The first-order valence-corrected chi connectivity index (χ1v) is 7.30. The summed E-state index contributed by atoms with van der Waals surface area (Å²) in [5, 5.41) is 0. The van der Waals surface area contributed by atoms with E-state index < -0.39 is 17.5 Å². The van der Waals surface area contributed by atoms with Crippen molar-refractivity contribution in [3.8, 4) is 11.3 Å². The fourth-order valence-electron chi connectivity index (χ4n) is 2.45. The fourth-order valence-corrected chi connectivity index (χ4v) is 2.45. The Morgan fingerprint density at radius 3 is 2.45 bits per heavy atom. The maximum atomic E-state index is 14.1. The Bertz CT molecular complexity index is 671. The van der Waals surface area contributed by atoms with E-state index in [1.165, 1.54) is 19.1 Å². The third kappa shape index (κ3) is 3.30. The average molecular weight is 308 g/mol. The SMILES string of the molecule is CCCC(CN)c1ccc(F)c(-c2cc(C)c(F)cc2F)n1. The van der Waals surface area contributed by atoms with Gasteiger partial charge in [0.25, 0.3) is 0 Å². The molecule has 0 aliphatic rings. The van der Waals surface area contributed by atoms with E-state index in [0.29, 0.717) is 12.2 Å². The maximum absolute atomic E-state index is 14.1. The number of hydrogen-bond acceptors (Lipinski definition) is 2. The van der Waals surface area contributed by atoms with Gasteiger partial charge in [0, 0.05) is 29.8 Å². The molecule has 0 radical (unpaired) electrons. The lowest BCUT2D eigenvalue weighted by atomic mass is 9.98. The number of aryl methyl sites for hydroxylation is 1. The second-order valence-corrected chi connectivity index (χ2v) is 5.37. The van der Waals surface area contributed by atoms with E-state index in [9.17, 15) is 13.2 Å². The van der Waals surface area contributed by atoms with Crippen LogP contribution in [0.4, 0.5) is 13.2 Å². The van der Waals surface area contributed by atoms with Crippen molar-refractivity contribution in [3.05, 3.63) is 53.0 Å². The van der Waals surface area contributed by atoms with Crippen LogP contribution < -0.4 is 5.73 Å². The molecule has 0 spiro atoms. The second-order valence-electron chi connectivity index (χ2n) is 5.37. The molecular weight excluding hydrogens is 289 g/mol. The lowest BCUT2D eigenvalue weighted by Crippen LogP contribution is -2.14. The van der Waals surface area contributed by atoms with E-state index in [1.807, 2.05) is 6.92 Å². The van der Waals surface area contributed by atoms with E-state index in [-0.39, 0.29) is 22.7 Å². The van der Waals surface area contributed by atoms with Crippen LogP contribution in [0.3, 0.4) is 0 Å². The molecule has 1 atom stereocenters. The number of benzene rings is 1. The standard InChI is InChI=1S/C17H19F3N2/c1-3-4-11(9-21)16-6-5-13(18)17(22-16)12-7-10(2)14(19)8-15(12)20/h5-8,11H,3-4,9,21H2,1-2H3. The van der Waals surface area contributed by atoms with Gasteiger partial charge in [-0.2, -0.15) is 0 Å². The predicted molar refractivity (Wildman–Crippen MR) is 81.0 cm³/mol. The van der Waals surface area contributed by atoms with Gasteiger partial charge in [-0.3, -0.25) is 0 Å². The highest BCUT2D eigenvalue weighted by Crippen LogP contribution is 2.28. The van der Waals surface area contributed by atoms with E-state index in [1.54, 1.807) is 6.07 Å². The van der Waals surface area contributed by atoms with Gasteiger partial charge in [0.1, 0.15) is 23.1 Å². The molecule has 1 heterocycles. The van der Waals surface area contributed by atoms with Crippen molar-refractivity contribution in [2.45, 2.75) is 32.6 Å². The molecule has 1 unspecified atom stereocenters. The molecule has 5 heteroatoms. The number of aromatic nitrogens is 1. The van der Waals surface area contributed by atoms with Gasteiger partial charge in [0.15, 0.2) is 0 Å². The van der Waals surface area contributed by atoms with Crippen molar-refractivity contribution in [2.75, 3.05) is 6.54 Å². The Morgan fingerprint density at radius 2 is 1.82 bits per heavy atom. The van der Waals surface area contributed by atoms with Crippen LogP contribution in [-0.4, -0.2) is 11.5 Å². The Morgan fingerprint density at radius 1 is 1.09 bits per heavy atom. The summed E-state index contributed by atoms with van der Waals surface area (Å²) in [4.78, 5) is 4.25. The molecule has 2 aromatic rings. The third-order valence-electron chi connectivity index (χ3n) is 3.71. The topological polar surface area (TPSA) is 38.9 Å². The minimum atomic E-state index is -0.827. The van der Waals surface area contributed by atoms with Crippen molar-refractivity contribution in [1.29, 1.82) is 0 Å². The number of nitrogens with zero attached hydrogens (tertiary/aromatic N) is 1. The first-order chi connectivity index (χ1) is 10.5. The third-order valence-corrected chi connectivity index (χ3v) is 3.71. The highest BCUT2D eigenvalue weighted by molar-refractivity contribution is 5.62. The number of hydrogen-bond donors (Lipinski definition) is 1. The second kappa shape index (κ2) is 6.92. The minimum absolute atomic E-state index is 0.00560. The fraction of sp³-hybridized carbons (Fsp3) is 0.353. The van der Waals surface area contributed by atoms with Gasteiger partial charge in [0.05, 0.1) is 0 Å². The van der Waals surface area contributed by atoms with Gasteiger partial charge in [-0.15, -0.1) is 0 Å². The quantitative estimate of drug-likeness (QED) is 0.893. The van der Waals surface area contributed by atoms with Crippen molar-refractivity contribution >= 4 is 0 Å². The van der Waals surface area contributed by atoms with Gasteiger partial charge in [0.2, 0.25) is 0 Å². The number of pyridine rings is 1. The van der Waals surface area contributed by atoms with Crippen LogP contribution in [0.15, 0.2) is 24.3 Å². The Hall–Kier alpha value is -1.88. The van der Waals surface area contributed by atoms with Crippen LogP contribution >= 0.6 is 0 Å². The first-order valence-electron chi connectivity index (χ1n) is 7.30. The van der Waals surface area contributed by atoms with Gasteiger partial charge in [-0.05, 0) is 37.1 Å². The zero-order chi connectivity index (χ0) is 16.3. The number of nitrogens with two attached hydrogens (primary N) is 1. The van der Waals surface area contributed by atoms with Crippen molar-refractivity contribution in [2.24, 2.45) is 5.73 Å². The summed E-state index contributed by atoms with van der Waals surface area (Å²) in [5.41, 5.74) is 6.46. The van der Waals surface area contributed by atoms with Crippen molar-refractivity contribution in [3.63, 3.8) is 0 Å². The lowest BCUT2D eigenvalue weighted by Gasteiger charge is -2.15. The molecule has 0 saturated carbocycles. The van der Waals surface area contributed by atoms with Crippen LogP contribution in [-0.2, 0) is 0 Å². The number of halogens is 3. The van der Waals surface area contributed by atoms with E-state index >= 15 is 0 Å². The van der Waals surface area contributed by atoms with Gasteiger partial charge in [-0.25, -0.2) is 18.2 Å². The molecule has 1 aromatic heterocycles. The van der Waals surface area contributed by atoms with Crippen LogP contribution in [0.1, 0.15) is 36.9 Å². The molecular formula is C17H19F3N2. The molecule has 2 N–H and O–H groups in total. The molecule has 22 heavy (non-hydrogen) atoms. The summed E-state index contributed by atoms with van der Waals surface area (Å²) in [6, 6.07) is 4.86. The Kier molecular flexibility index (Phi) is 5.19. The van der Waals surface area contributed by atoms with Gasteiger partial charge in [-0.1, -0.05) is 13.3 Å². The molecule has 0 amide bonds. The molecule has 118 valence electrons. The Labute approximate surface area is 128 Å². The molecule has 0 fully saturated rings. The molecule has 1 aromatic carbocycles. The molecule has 0 aliphatic carbocycles. The highest BCUT2D eigenvalue weighted by Gasteiger charge is 2.18. The molecule has 0 bridgehead atoms. The first kappa shape index (κ1) is 16.5. The lowest BCUT2D eigenvalue weighted by molar-refractivity contribution is 0.572. The summed E-state index contributed by atoms with van der Waals surface area (Å²) < 4.78 is 41.4. The maximum Gasteiger partial charge on any atom is 0.149 e. The molecule has 2 nitrogen and oxygen atoms in total. The summed E-state index contributed by atoms with van der Waals surface area (Å²) in [6.07, 6.45) is 1.74. The summed E-state index contributed by atoms with van der Waals surface area (Å²) in [5.74, 6) is -2.13. The largest absolute Gasteiger partial charge is 0.330 e. The van der Waals surface area contributed by atoms with Crippen molar-refractivity contribution < 1.29 is 13.2 Å². The van der Waals surface area contributed by atoms with Gasteiger partial charge < -0.3 is 5.73 Å². The predicted octanol–water partition coefficient (Wildman–Crippen LogP) is 4.32. The molecule has 0 saturated heterocycles. The van der Waals surface area contributed by atoms with Crippen LogP contribution in [0, 0.1) is 24.4 Å². The highest BCUT2D eigenvalue weighted by atomic mass is 19.1.